The van der Waals surface area contributed by atoms with Crippen LogP contribution < -0.4 is 0 Å². The molecule has 22 heavy (non-hydrogen) atoms. The molecular formula is C14H18F3N3O2. The van der Waals surface area contributed by atoms with E-state index in [9.17, 15) is 18.0 Å². The number of hydrogen-bond acceptors (Lipinski definition) is 3. The van der Waals surface area contributed by atoms with Crippen molar-refractivity contribution in [3.8, 4) is 0 Å². The van der Waals surface area contributed by atoms with Gasteiger partial charge in [0.05, 0.1) is 24.3 Å². The van der Waals surface area contributed by atoms with Gasteiger partial charge in [0.2, 0.25) is 0 Å². The summed E-state index contributed by atoms with van der Waals surface area (Å²) in [5.41, 5.74) is -1.49. The molecule has 0 unspecified atom stereocenters. The Balaban J connectivity index is 1.90. The van der Waals surface area contributed by atoms with Crippen LogP contribution in [0.4, 0.5) is 13.2 Å². The van der Waals surface area contributed by atoms with Crippen molar-refractivity contribution in [2.75, 3.05) is 13.2 Å². The molecule has 2 aliphatic rings. The first kappa shape index (κ1) is 15.3. The molecule has 122 valence electrons. The van der Waals surface area contributed by atoms with E-state index in [1.807, 2.05) is 0 Å². The minimum Gasteiger partial charge on any atom is -0.374 e. The maximum absolute atomic E-state index is 13.1. The fourth-order valence-electron chi connectivity index (χ4n) is 3.36. The number of rotatable bonds is 1. The molecule has 8 heteroatoms. The van der Waals surface area contributed by atoms with Crippen LogP contribution >= 0.6 is 0 Å². The molecule has 1 aromatic heterocycles. The summed E-state index contributed by atoms with van der Waals surface area (Å²) in [6, 6.07) is -0.128. The molecule has 0 spiro atoms. The summed E-state index contributed by atoms with van der Waals surface area (Å²) in [7, 11) is 1.38. The summed E-state index contributed by atoms with van der Waals surface area (Å²) in [4.78, 5) is 14.2. The molecular weight excluding hydrogens is 299 g/mol. The SMILES string of the molecule is Cn1cc(C(=O)N2CCO[C@@H]3CCCC[C@@H]32)c(C(F)(F)F)n1. The van der Waals surface area contributed by atoms with Crippen LogP contribution in [-0.4, -0.2) is 45.9 Å². The van der Waals surface area contributed by atoms with E-state index in [0.717, 1.165) is 36.6 Å². The Hall–Kier alpha value is -1.57. The van der Waals surface area contributed by atoms with E-state index in [4.69, 9.17) is 4.74 Å². The first-order chi connectivity index (χ1) is 10.4. The number of aromatic nitrogens is 2. The van der Waals surface area contributed by atoms with Crippen LogP contribution in [0.5, 0.6) is 0 Å². The Morgan fingerprint density at radius 1 is 1.36 bits per heavy atom. The lowest BCUT2D eigenvalue weighted by Crippen LogP contribution is -2.55. The van der Waals surface area contributed by atoms with Gasteiger partial charge in [-0.15, -0.1) is 0 Å². The number of hydrogen-bond donors (Lipinski definition) is 0. The molecule has 0 N–H and O–H groups in total. The van der Waals surface area contributed by atoms with Gasteiger partial charge in [0.15, 0.2) is 5.69 Å². The largest absolute Gasteiger partial charge is 0.435 e. The van der Waals surface area contributed by atoms with Gasteiger partial charge in [0.1, 0.15) is 0 Å². The first-order valence-corrected chi connectivity index (χ1v) is 7.41. The van der Waals surface area contributed by atoms with Crippen molar-refractivity contribution in [3.63, 3.8) is 0 Å². The monoisotopic (exact) mass is 317 g/mol. The van der Waals surface area contributed by atoms with Gasteiger partial charge in [-0.25, -0.2) is 0 Å². The second kappa shape index (κ2) is 5.57. The van der Waals surface area contributed by atoms with Gasteiger partial charge in [0.25, 0.3) is 5.91 Å². The highest BCUT2D eigenvalue weighted by Crippen LogP contribution is 2.34. The number of halogens is 3. The third-order valence-electron chi connectivity index (χ3n) is 4.32. The van der Waals surface area contributed by atoms with E-state index in [0.29, 0.717) is 13.2 Å². The molecule has 1 aromatic rings. The third kappa shape index (κ3) is 2.71. The standard InChI is InChI=1S/C14H18F3N3O2/c1-19-8-9(12(18-19)14(15,16)17)13(21)20-6-7-22-11-5-3-2-4-10(11)20/h8,10-11H,2-7H2,1H3/t10-,11+/m0/s1. The highest BCUT2D eigenvalue weighted by Gasteiger charge is 2.43. The Morgan fingerprint density at radius 3 is 2.82 bits per heavy atom. The Bertz CT molecular complexity index is 568. The summed E-state index contributed by atoms with van der Waals surface area (Å²) in [5.74, 6) is -0.597. The van der Waals surface area contributed by atoms with E-state index < -0.39 is 17.8 Å². The third-order valence-corrected chi connectivity index (χ3v) is 4.32. The van der Waals surface area contributed by atoms with E-state index in [-0.39, 0.29) is 17.7 Å². The molecule has 0 bridgehead atoms. The van der Waals surface area contributed by atoms with Crippen LogP contribution in [0.3, 0.4) is 0 Å². The summed E-state index contributed by atoms with van der Waals surface area (Å²) in [6.45, 7) is 0.695. The first-order valence-electron chi connectivity index (χ1n) is 7.41. The number of alkyl halides is 3. The van der Waals surface area contributed by atoms with E-state index >= 15 is 0 Å². The van der Waals surface area contributed by atoms with Crippen molar-refractivity contribution in [3.05, 3.63) is 17.5 Å². The van der Waals surface area contributed by atoms with Crippen molar-refractivity contribution in [1.29, 1.82) is 0 Å². The zero-order chi connectivity index (χ0) is 15.9. The normalized spacial score (nSPS) is 25.9. The van der Waals surface area contributed by atoms with Crippen molar-refractivity contribution in [2.45, 2.75) is 44.0 Å². The number of amides is 1. The number of aryl methyl sites for hydroxylation is 1. The topological polar surface area (TPSA) is 47.4 Å². The van der Waals surface area contributed by atoms with Gasteiger partial charge < -0.3 is 9.64 Å². The fourth-order valence-corrected chi connectivity index (χ4v) is 3.36. The Morgan fingerprint density at radius 2 is 2.09 bits per heavy atom. The summed E-state index contributed by atoms with van der Waals surface area (Å²) in [5, 5.41) is 3.41. The zero-order valence-corrected chi connectivity index (χ0v) is 12.3. The summed E-state index contributed by atoms with van der Waals surface area (Å²) < 4.78 is 45.9. The van der Waals surface area contributed by atoms with Gasteiger partial charge in [-0.3, -0.25) is 9.48 Å². The molecule has 2 atom stereocenters. The van der Waals surface area contributed by atoms with E-state index in [1.54, 1.807) is 4.90 Å². The predicted molar refractivity (Wildman–Crippen MR) is 71.2 cm³/mol. The summed E-state index contributed by atoms with van der Waals surface area (Å²) in [6.07, 6.45) is 0.0869. The number of carbonyl (C=O) groups excluding carboxylic acids is 1. The van der Waals surface area contributed by atoms with Crippen molar-refractivity contribution in [1.82, 2.24) is 14.7 Å². The Kier molecular flexibility index (Phi) is 3.88. The lowest BCUT2D eigenvalue weighted by atomic mass is 9.89. The Labute approximate surface area is 126 Å². The van der Waals surface area contributed by atoms with E-state index in [1.165, 1.54) is 7.05 Å². The molecule has 1 amide bonds. The number of nitrogens with zero attached hydrogens (tertiary/aromatic N) is 3. The molecule has 3 rings (SSSR count). The number of ether oxygens (including phenoxy) is 1. The van der Waals surface area contributed by atoms with Gasteiger partial charge in [0, 0.05) is 19.8 Å². The van der Waals surface area contributed by atoms with Crippen LogP contribution in [0.1, 0.15) is 41.7 Å². The van der Waals surface area contributed by atoms with Crippen LogP contribution in [0, 0.1) is 0 Å². The average Bonchev–Trinajstić information content (AvgIpc) is 2.88. The molecule has 1 saturated carbocycles. The van der Waals surface area contributed by atoms with Crippen molar-refractivity contribution in [2.24, 2.45) is 7.05 Å². The molecule has 0 aromatic carbocycles. The molecule has 1 aliphatic heterocycles. The summed E-state index contributed by atoms with van der Waals surface area (Å²) >= 11 is 0. The van der Waals surface area contributed by atoms with Gasteiger partial charge >= 0.3 is 6.18 Å². The quantitative estimate of drug-likeness (QED) is 0.798. The molecule has 1 saturated heterocycles. The van der Waals surface area contributed by atoms with Gasteiger partial charge in [-0.2, -0.15) is 18.3 Å². The van der Waals surface area contributed by atoms with Gasteiger partial charge in [-0.05, 0) is 12.8 Å². The van der Waals surface area contributed by atoms with Gasteiger partial charge in [-0.1, -0.05) is 12.8 Å². The fraction of sp³-hybridized carbons (Fsp3) is 0.714. The molecule has 2 fully saturated rings. The van der Waals surface area contributed by atoms with E-state index in [2.05, 4.69) is 5.10 Å². The maximum atomic E-state index is 13.1. The van der Waals surface area contributed by atoms with Crippen LogP contribution in [0.15, 0.2) is 6.20 Å². The minimum absolute atomic E-state index is 0.0579. The highest BCUT2D eigenvalue weighted by atomic mass is 19.4. The number of carbonyl (C=O) groups is 1. The lowest BCUT2D eigenvalue weighted by molar-refractivity contribution is -0.142. The molecule has 1 aliphatic carbocycles. The molecule has 5 nitrogen and oxygen atoms in total. The van der Waals surface area contributed by atoms with Crippen molar-refractivity contribution >= 4 is 5.91 Å². The maximum Gasteiger partial charge on any atom is 0.435 e. The molecule has 0 radical (unpaired) electrons. The minimum atomic E-state index is -4.63. The number of fused-ring (bicyclic) bond motifs is 1. The van der Waals surface area contributed by atoms with Crippen molar-refractivity contribution < 1.29 is 22.7 Å². The van der Waals surface area contributed by atoms with Crippen LogP contribution in [-0.2, 0) is 18.0 Å². The lowest BCUT2D eigenvalue weighted by Gasteiger charge is -2.43. The second-order valence-corrected chi connectivity index (χ2v) is 5.82. The zero-order valence-electron chi connectivity index (χ0n) is 12.3. The highest BCUT2D eigenvalue weighted by molar-refractivity contribution is 5.95. The van der Waals surface area contributed by atoms with Crippen LogP contribution in [0.25, 0.3) is 0 Å². The molecule has 2 heterocycles. The number of morpholine rings is 1. The van der Waals surface area contributed by atoms with Crippen LogP contribution in [0.2, 0.25) is 0 Å². The average molecular weight is 317 g/mol. The predicted octanol–water partition coefficient (Wildman–Crippen LogP) is 2.22. The second-order valence-electron chi connectivity index (χ2n) is 5.82. The smallest absolute Gasteiger partial charge is 0.374 e.